The lowest BCUT2D eigenvalue weighted by Crippen LogP contribution is -2.02. The van der Waals surface area contributed by atoms with Crippen molar-refractivity contribution in [3.8, 4) is 11.4 Å². The van der Waals surface area contributed by atoms with E-state index in [0.29, 0.717) is 11.3 Å². The van der Waals surface area contributed by atoms with Gasteiger partial charge in [-0.25, -0.2) is 4.79 Å². The number of benzene rings is 2. The van der Waals surface area contributed by atoms with Gasteiger partial charge in [0, 0.05) is 17.2 Å². The third kappa shape index (κ3) is 3.29. The summed E-state index contributed by atoms with van der Waals surface area (Å²) >= 11 is 1.51. The zero-order chi connectivity index (χ0) is 19.7. The van der Waals surface area contributed by atoms with Crippen LogP contribution in [0.4, 0.5) is 0 Å². The number of nitrogens with zero attached hydrogens (tertiary/aromatic N) is 3. The highest BCUT2D eigenvalue weighted by Crippen LogP contribution is 2.30. The van der Waals surface area contributed by atoms with Crippen LogP contribution in [0.5, 0.6) is 5.75 Å². The third-order valence-electron chi connectivity index (χ3n) is 4.74. The lowest BCUT2D eigenvalue weighted by atomic mass is 10.0. The molecule has 0 saturated heterocycles. The molecule has 4 aromatic rings. The molecule has 7 heteroatoms. The van der Waals surface area contributed by atoms with Crippen LogP contribution in [0.1, 0.15) is 16.7 Å². The van der Waals surface area contributed by atoms with Gasteiger partial charge in [0.05, 0.1) is 12.8 Å². The maximum atomic E-state index is 12.1. The van der Waals surface area contributed by atoms with Gasteiger partial charge in [-0.3, -0.25) is 4.57 Å². The molecule has 2 aromatic carbocycles. The second kappa shape index (κ2) is 7.52. The van der Waals surface area contributed by atoms with E-state index < -0.39 is 0 Å². The number of aryl methyl sites for hydroxylation is 2. The van der Waals surface area contributed by atoms with Crippen molar-refractivity contribution >= 4 is 22.7 Å². The van der Waals surface area contributed by atoms with Crippen LogP contribution in [0.2, 0.25) is 0 Å². The summed E-state index contributed by atoms with van der Waals surface area (Å²) in [5.41, 5.74) is 4.16. The predicted octanol–water partition coefficient (Wildman–Crippen LogP) is 4.29. The molecule has 0 amide bonds. The Hall–Kier alpha value is -3.06. The van der Waals surface area contributed by atoms with Gasteiger partial charge in [0.1, 0.15) is 17.7 Å². The smallest absolute Gasteiger partial charge is 0.336 e. The second-order valence-electron chi connectivity index (χ2n) is 6.42. The molecule has 0 N–H and O–H groups in total. The van der Waals surface area contributed by atoms with Gasteiger partial charge in [-0.1, -0.05) is 36.0 Å². The first-order valence-electron chi connectivity index (χ1n) is 8.77. The van der Waals surface area contributed by atoms with Crippen LogP contribution in [0.25, 0.3) is 16.7 Å². The van der Waals surface area contributed by atoms with E-state index in [1.807, 2.05) is 54.8 Å². The first-order chi connectivity index (χ1) is 13.6. The molecule has 0 atom stereocenters. The molecule has 28 heavy (non-hydrogen) atoms. The Kier molecular flexibility index (Phi) is 4.92. The summed E-state index contributed by atoms with van der Waals surface area (Å²) in [7, 11) is 1.63. The Labute approximate surface area is 166 Å². The summed E-state index contributed by atoms with van der Waals surface area (Å²) in [6.07, 6.45) is 1.66. The highest BCUT2D eigenvalue weighted by molar-refractivity contribution is 7.98. The summed E-state index contributed by atoms with van der Waals surface area (Å²) < 4.78 is 12.8. The molecular formula is C21H19N3O3S. The Balaban J connectivity index is 1.70. The average molecular weight is 393 g/mol. The fraction of sp³-hybridized carbons (Fsp3) is 0.190. The molecule has 142 valence electrons. The third-order valence-corrected chi connectivity index (χ3v) is 5.73. The fourth-order valence-electron chi connectivity index (χ4n) is 3.10. The molecular weight excluding hydrogens is 374 g/mol. The Bertz CT molecular complexity index is 1210. The topological polar surface area (TPSA) is 70.2 Å². The minimum Gasteiger partial charge on any atom is -0.495 e. The van der Waals surface area contributed by atoms with E-state index in [9.17, 15) is 4.79 Å². The monoisotopic (exact) mass is 393 g/mol. The van der Waals surface area contributed by atoms with Crippen LogP contribution < -0.4 is 10.4 Å². The van der Waals surface area contributed by atoms with E-state index in [1.165, 1.54) is 11.8 Å². The lowest BCUT2D eigenvalue weighted by molar-refractivity contribution is 0.412. The van der Waals surface area contributed by atoms with E-state index in [0.717, 1.165) is 38.7 Å². The maximum absolute atomic E-state index is 12.1. The van der Waals surface area contributed by atoms with Crippen molar-refractivity contribution < 1.29 is 9.15 Å². The van der Waals surface area contributed by atoms with Crippen LogP contribution in [-0.2, 0) is 5.75 Å². The van der Waals surface area contributed by atoms with Crippen LogP contribution >= 0.6 is 11.8 Å². The second-order valence-corrected chi connectivity index (χ2v) is 7.36. The van der Waals surface area contributed by atoms with Crippen molar-refractivity contribution in [2.24, 2.45) is 0 Å². The molecule has 2 aromatic heterocycles. The van der Waals surface area contributed by atoms with Gasteiger partial charge in [0.2, 0.25) is 0 Å². The predicted molar refractivity (Wildman–Crippen MR) is 109 cm³/mol. The molecule has 0 saturated carbocycles. The number of methoxy groups -OCH3 is 1. The fourth-order valence-corrected chi connectivity index (χ4v) is 4.02. The standard InChI is InChI=1S/C21H19N3O3S/c1-13-8-9-16-15(10-19(25)27-20(16)14(13)2)11-28-21-23-22-12-24(21)17-6-4-5-7-18(17)26-3/h4-10,12H,11H2,1-3H3. The number of aromatic nitrogens is 3. The van der Waals surface area contributed by atoms with E-state index in [2.05, 4.69) is 10.2 Å². The first kappa shape index (κ1) is 18.3. The quantitative estimate of drug-likeness (QED) is 0.372. The average Bonchev–Trinajstić information content (AvgIpc) is 3.17. The number of para-hydroxylation sites is 2. The van der Waals surface area contributed by atoms with Gasteiger partial charge in [0.25, 0.3) is 0 Å². The van der Waals surface area contributed by atoms with Crippen molar-refractivity contribution in [3.05, 3.63) is 75.9 Å². The zero-order valence-electron chi connectivity index (χ0n) is 15.8. The van der Waals surface area contributed by atoms with E-state index >= 15 is 0 Å². The van der Waals surface area contributed by atoms with Crippen LogP contribution in [0.15, 0.2) is 63.2 Å². The SMILES string of the molecule is COc1ccccc1-n1cnnc1SCc1cc(=O)oc2c(C)c(C)ccc12. The zero-order valence-corrected chi connectivity index (χ0v) is 16.6. The number of ether oxygens (including phenoxy) is 1. The van der Waals surface area contributed by atoms with Crippen molar-refractivity contribution in [1.29, 1.82) is 0 Å². The van der Waals surface area contributed by atoms with Gasteiger partial charge in [-0.2, -0.15) is 0 Å². The Morgan fingerprint density at radius 1 is 1.18 bits per heavy atom. The normalized spacial score (nSPS) is 11.1. The Morgan fingerprint density at radius 3 is 2.82 bits per heavy atom. The molecule has 0 spiro atoms. The van der Waals surface area contributed by atoms with Crippen molar-refractivity contribution in [2.75, 3.05) is 7.11 Å². The first-order valence-corrected chi connectivity index (χ1v) is 9.76. The highest BCUT2D eigenvalue weighted by Gasteiger charge is 2.14. The maximum Gasteiger partial charge on any atom is 0.336 e. The van der Waals surface area contributed by atoms with Gasteiger partial charge in [-0.15, -0.1) is 10.2 Å². The van der Waals surface area contributed by atoms with Crippen molar-refractivity contribution in [1.82, 2.24) is 14.8 Å². The summed E-state index contributed by atoms with van der Waals surface area (Å²) in [6.45, 7) is 3.97. The highest BCUT2D eigenvalue weighted by atomic mass is 32.2. The lowest BCUT2D eigenvalue weighted by Gasteiger charge is -2.11. The Morgan fingerprint density at radius 2 is 2.00 bits per heavy atom. The molecule has 0 unspecified atom stereocenters. The number of hydrogen-bond donors (Lipinski definition) is 0. The number of fused-ring (bicyclic) bond motifs is 1. The molecule has 6 nitrogen and oxygen atoms in total. The molecule has 2 heterocycles. The number of hydrogen-bond acceptors (Lipinski definition) is 6. The van der Waals surface area contributed by atoms with Gasteiger partial charge < -0.3 is 9.15 Å². The summed E-state index contributed by atoms with van der Waals surface area (Å²) in [4.78, 5) is 12.1. The van der Waals surface area contributed by atoms with Gasteiger partial charge in [0.15, 0.2) is 5.16 Å². The van der Waals surface area contributed by atoms with Crippen LogP contribution in [0, 0.1) is 13.8 Å². The summed E-state index contributed by atoms with van der Waals surface area (Å²) in [5, 5.41) is 9.94. The number of rotatable bonds is 5. The van der Waals surface area contributed by atoms with Gasteiger partial charge >= 0.3 is 5.63 Å². The summed E-state index contributed by atoms with van der Waals surface area (Å²) in [5.74, 6) is 1.30. The van der Waals surface area contributed by atoms with E-state index in [-0.39, 0.29) is 5.63 Å². The van der Waals surface area contributed by atoms with Gasteiger partial charge in [-0.05, 0) is 42.7 Å². The molecule has 0 radical (unpaired) electrons. The molecule has 0 fully saturated rings. The largest absolute Gasteiger partial charge is 0.495 e. The molecule has 0 aliphatic rings. The summed E-state index contributed by atoms with van der Waals surface area (Å²) in [6, 6.07) is 13.3. The molecule has 4 rings (SSSR count). The molecule has 0 aliphatic carbocycles. The van der Waals surface area contributed by atoms with E-state index in [4.69, 9.17) is 9.15 Å². The molecule has 0 aliphatic heterocycles. The minimum absolute atomic E-state index is 0.344. The van der Waals surface area contributed by atoms with Crippen molar-refractivity contribution in [3.63, 3.8) is 0 Å². The number of thioether (sulfide) groups is 1. The van der Waals surface area contributed by atoms with E-state index in [1.54, 1.807) is 19.5 Å². The minimum atomic E-state index is -0.344. The van der Waals surface area contributed by atoms with Crippen molar-refractivity contribution in [2.45, 2.75) is 24.8 Å². The van der Waals surface area contributed by atoms with Crippen LogP contribution in [-0.4, -0.2) is 21.9 Å². The van der Waals surface area contributed by atoms with Crippen LogP contribution in [0.3, 0.4) is 0 Å². The molecule has 0 bridgehead atoms.